The minimum absolute atomic E-state index is 0.286. The third-order valence-corrected chi connectivity index (χ3v) is 3.52. The van der Waals surface area contributed by atoms with E-state index in [1.54, 1.807) is 6.92 Å². The van der Waals surface area contributed by atoms with E-state index in [9.17, 15) is 18.0 Å². The zero-order valence-electron chi connectivity index (χ0n) is 10.6. The largest absolute Gasteiger partial charge is 0.466 e. The minimum Gasteiger partial charge on any atom is -0.466 e. The van der Waals surface area contributed by atoms with Gasteiger partial charge in [0.15, 0.2) is 0 Å². The van der Waals surface area contributed by atoms with E-state index in [-0.39, 0.29) is 11.9 Å². The lowest BCUT2D eigenvalue weighted by Crippen LogP contribution is -2.15. The number of hydrogen-bond acceptors (Lipinski definition) is 3. The molecule has 2 atom stereocenters. The Morgan fingerprint density at radius 2 is 2.21 bits per heavy atom. The lowest BCUT2D eigenvalue weighted by atomic mass is 9.97. The third-order valence-electron chi connectivity index (χ3n) is 3.52. The highest BCUT2D eigenvalue weighted by molar-refractivity contribution is 5.78. The molecule has 1 heterocycles. The van der Waals surface area contributed by atoms with Crippen molar-refractivity contribution in [2.45, 2.75) is 31.9 Å². The van der Waals surface area contributed by atoms with Gasteiger partial charge in [-0.1, -0.05) is 13.0 Å². The van der Waals surface area contributed by atoms with Crippen LogP contribution in [0.5, 0.6) is 0 Å². The predicted octanol–water partition coefficient (Wildman–Crippen LogP) is 2.94. The first kappa shape index (κ1) is 13.8. The highest BCUT2D eigenvalue weighted by Crippen LogP contribution is 2.54. The topological polar surface area (TPSA) is 39.2 Å². The number of halogens is 3. The van der Waals surface area contributed by atoms with Gasteiger partial charge >= 0.3 is 12.1 Å². The van der Waals surface area contributed by atoms with Crippen LogP contribution in [0.1, 0.15) is 31.5 Å². The van der Waals surface area contributed by atoms with Crippen molar-refractivity contribution in [1.29, 1.82) is 0 Å². The molecule has 0 bridgehead atoms. The van der Waals surface area contributed by atoms with Crippen molar-refractivity contribution in [1.82, 2.24) is 4.98 Å². The summed E-state index contributed by atoms with van der Waals surface area (Å²) in [6.07, 6.45) is -2.66. The van der Waals surface area contributed by atoms with Gasteiger partial charge in [0.1, 0.15) is 5.69 Å². The predicted molar refractivity (Wildman–Crippen MR) is 61.3 cm³/mol. The van der Waals surface area contributed by atoms with E-state index in [4.69, 9.17) is 4.74 Å². The van der Waals surface area contributed by atoms with Crippen LogP contribution in [0.2, 0.25) is 0 Å². The van der Waals surface area contributed by atoms with Gasteiger partial charge in [0, 0.05) is 11.6 Å². The highest BCUT2D eigenvalue weighted by Gasteiger charge is 2.56. The highest BCUT2D eigenvalue weighted by atomic mass is 19.4. The lowest BCUT2D eigenvalue weighted by Gasteiger charge is -2.12. The fourth-order valence-electron chi connectivity index (χ4n) is 2.17. The van der Waals surface area contributed by atoms with Crippen LogP contribution in [-0.2, 0) is 21.1 Å². The molecule has 104 valence electrons. The summed E-state index contributed by atoms with van der Waals surface area (Å²) in [6, 6.07) is 2.33. The number of carbonyl (C=O) groups is 1. The molecule has 1 aliphatic rings. The summed E-state index contributed by atoms with van der Waals surface area (Å²) in [6.45, 7) is 3.85. The van der Waals surface area contributed by atoms with Crippen LogP contribution in [-0.4, -0.2) is 17.6 Å². The first-order valence-corrected chi connectivity index (χ1v) is 5.99. The molecule has 2 rings (SSSR count). The average Bonchev–Trinajstić information content (AvgIpc) is 3.03. The summed E-state index contributed by atoms with van der Waals surface area (Å²) in [5.41, 5.74) is -0.740. The van der Waals surface area contributed by atoms with Crippen molar-refractivity contribution in [2.24, 2.45) is 5.92 Å². The average molecular weight is 273 g/mol. The molecule has 1 aliphatic carbocycles. The van der Waals surface area contributed by atoms with E-state index < -0.39 is 17.3 Å². The zero-order chi connectivity index (χ0) is 14.3. The molecule has 1 fully saturated rings. The molecule has 1 saturated carbocycles. The van der Waals surface area contributed by atoms with Crippen molar-refractivity contribution in [2.75, 3.05) is 6.61 Å². The number of alkyl halides is 3. The molecule has 3 nitrogen and oxygen atoms in total. The summed E-state index contributed by atoms with van der Waals surface area (Å²) < 4.78 is 42.1. The number of esters is 1. The van der Waals surface area contributed by atoms with E-state index >= 15 is 0 Å². The van der Waals surface area contributed by atoms with E-state index in [0.29, 0.717) is 18.6 Å². The summed E-state index contributed by atoms with van der Waals surface area (Å²) in [7, 11) is 0. The van der Waals surface area contributed by atoms with Gasteiger partial charge in [0.2, 0.25) is 0 Å². The van der Waals surface area contributed by atoms with Gasteiger partial charge in [-0.3, -0.25) is 9.78 Å². The first-order chi connectivity index (χ1) is 8.79. The van der Waals surface area contributed by atoms with E-state index in [1.807, 2.05) is 6.92 Å². The van der Waals surface area contributed by atoms with Gasteiger partial charge < -0.3 is 4.74 Å². The number of ether oxygens (including phenoxy) is 1. The smallest absolute Gasteiger partial charge is 0.433 e. The second-order valence-electron chi connectivity index (χ2n) is 4.86. The molecule has 1 aromatic heterocycles. The fourth-order valence-corrected chi connectivity index (χ4v) is 2.17. The Labute approximate surface area is 108 Å². The number of carbonyl (C=O) groups excluding carboxylic acids is 1. The minimum atomic E-state index is -4.44. The van der Waals surface area contributed by atoms with Gasteiger partial charge in [-0.15, -0.1) is 0 Å². The Morgan fingerprint density at radius 1 is 1.53 bits per heavy atom. The van der Waals surface area contributed by atoms with Crippen molar-refractivity contribution in [3.8, 4) is 0 Å². The number of aromatic nitrogens is 1. The molecule has 0 N–H and O–H groups in total. The summed E-state index contributed by atoms with van der Waals surface area (Å²) in [5.74, 6) is -0.587. The quantitative estimate of drug-likeness (QED) is 0.795. The van der Waals surface area contributed by atoms with Crippen LogP contribution < -0.4 is 0 Å². The number of nitrogens with zero attached hydrogens (tertiary/aromatic N) is 1. The standard InChI is InChI=1S/C13H14F3NO2/c1-3-19-11(18)9-6-12(9,2)8-4-5-10(17-7-8)13(14,15)16/h4-5,7,9H,3,6H2,1-2H3. The third kappa shape index (κ3) is 2.57. The van der Waals surface area contributed by atoms with Crippen molar-refractivity contribution >= 4 is 5.97 Å². The Hall–Kier alpha value is -1.59. The maximum Gasteiger partial charge on any atom is 0.433 e. The lowest BCUT2D eigenvalue weighted by molar-refractivity contribution is -0.145. The number of hydrogen-bond donors (Lipinski definition) is 0. The van der Waals surface area contributed by atoms with Gasteiger partial charge in [-0.05, 0) is 25.0 Å². The van der Waals surface area contributed by atoms with Crippen LogP contribution in [0.3, 0.4) is 0 Å². The van der Waals surface area contributed by atoms with Gasteiger partial charge in [-0.2, -0.15) is 13.2 Å². The first-order valence-electron chi connectivity index (χ1n) is 5.99. The molecular weight excluding hydrogens is 259 g/mol. The molecule has 0 spiro atoms. The summed E-state index contributed by atoms with van der Waals surface area (Å²) in [5, 5.41) is 0. The number of pyridine rings is 1. The normalized spacial score (nSPS) is 26.1. The summed E-state index contributed by atoms with van der Waals surface area (Å²) in [4.78, 5) is 15.0. The van der Waals surface area contributed by atoms with Crippen LogP contribution in [0.4, 0.5) is 13.2 Å². The second-order valence-corrected chi connectivity index (χ2v) is 4.86. The molecule has 1 aromatic rings. The van der Waals surface area contributed by atoms with E-state index in [1.165, 1.54) is 12.3 Å². The second kappa shape index (κ2) is 4.51. The SMILES string of the molecule is CCOC(=O)C1CC1(C)c1ccc(C(F)(F)F)nc1. The Bertz CT molecular complexity index is 484. The number of rotatable bonds is 3. The van der Waals surface area contributed by atoms with Crippen LogP contribution in [0.15, 0.2) is 18.3 Å². The molecule has 0 saturated heterocycles. The molecular formula is C13H14F3NO2. The van der Waals surface area contributed by atoms with Gasteiger partial charge in [0.25, 0.3) is 0 Å². The maximum atomic E-state index is 12.4. The molecule has 0 radical (unpaired) electrons. The maximum absolute atomic E-state index is 12.4. The fraction of sp³-hybridized carbons (Fsp3) is 0.538. The molecule has 0 amide bonds. The molecule has 19 heavy (non-hydrogen) atoms. The van der Waals surface area contributed by atoms with Gasteiger partial charge in [0.05, 0.1) is 12.5 Å². The van der Waals surface area contributed by atoms with E-state index in [0.717, 1.165) is 6.07 Å². The van der Waals surface area contributed by atoms with Crippen LogP contribution >= 0.6 is 0 Å². The van der Waals surface area contributed by atoms with Crippen LogP contribution in [0.25, 0.3) is 0 Å². The van der Waals surface area contributed by atoms with E-state index in [2.05, 4.69) is 4.98 Å². The Balaban J connectivity index is 2.14. The monoisotopic (exact) mass is 273 g/mol. The van der Waals surface area contributed by atoms with Crippen molar-refractivity contribution in [3.05, 3.63) is 29.6 Å². The van der Waals surface area contributed by atoms with Crippen LogP contribution in [0, 0.1) is 5.92 Å². The van der Waals surface area contributed by atoms with Crippen molar-refractivity contribution < 1.29 is 22.7 Å². The molecule has 6 heteroatoms. The molecule has 0 aromatic carbocycles. The Kier molecular flexibility index (Phi) is 3.28. The zero-order valence-corrected chi connectivity index (χ0v) is 10.6. The summed E-state index contributed by atoms with van der Waals surface area (Å²) >= 11 is 0. The molecule has 2 unspecified atom stereocenters. The Morgan fingerprint density at radius 3 is 2.68 bits per heavy atom. The van der Waals surface area contributed by atoms with Gasteiger partial charge in [-0.25, -0.2) is 0 Å². The molecule has 0 aliphatic heterocycles. The van der Waals surface area contributed by atoms with Crippen molar-refractivity contribution in [3.63, 3.8) is 0 Å².